The van der Waals surface area contributed by atoms with Crippen LogP contribution in [0.2, 0.25) is 5.02 Å². The van der Waals surface area contributed by atoms with E-state index in [1.807, 2.05) is 32.9 Å². The molecule has 0 spiro atoms. The predicted molar refractivity (Wildman–Crippen MR) is 127 cm³/mol. The predicted octanol–water partition coefficient (Wildman–Crippen LogP) is 7.41. The minimum Gasteiger partial charge on any atom is -0.302 e. The van der Waals surface area contributed by atoms with Crippen molar-refractivity contribution < 1.29 is 0 Å². The SMILES string of the molecule is C#CCC.CC.CCCCc1ccc(Cl)cc1.CN1CCc2ccccc2C1. The fourth-order valence-corrected chi connectivity index (χ4v) is 2.79. The van der Waals surface area contributed by atoms with Gasteiger partial charge in [-0.05, 0) is 55.1 Å². The number of hydrogen-bond donors (Lipinski definition) is 0. The highest BCUT2D eigenvalue weighted by Crippen LogP contribution is 2.16. The van der Waals surface area contributed by atoms with E-state index in [9.17, 15) is 0 Å². The number of halogens is 1. The van der Waals surface area contributed by atoms with Gasteiger partial charge in [0.2, 0.25) is 0 Å². The van der Waals surface area contributed by atoms with Gasteiger partial charge in [0.15, 0.2) is 0 Å². The van der Waals surface area contributed by atoms with E-state index in [1.165, 1.54) is 48.9 Å². The Morgan fingerprint density at radius 1 is 1.00 bits per heavy atom. The van der Waals surface area contributed by atoms with Crippen LogP contribution in [-0.2, 0) is 19.4 Å². The van der Waals surface area contributed by atoms with Gasteiger partial charge in [-0.1, -0.05) is 82.1 Å². The topological polar surface area (TPSA) is 3.24 Å². The number of hydrogen-bond acceptors (Lipinski definition) is 1. The van der Waals surface area contributed by atoms with Crippen LogP contribution in [0.4, 0.5) is 0 Å². The summed E-state index contributed by atoms with van der Waals surface area (Å²) in [4.78, 5) is 2.36. The Kier molecular flexibility index (Phi) is 16.3. The van der Waals surface area contributed by atoms with Gasteiger partial charge in [0.25, 0.3) is 0 Å². The van der Waals surface area contributed by atoms with Crippen LogP contribution in [0.1, 0.15) is 63.6 Å². The zero-order valence-electron chi connectivity index (χ0n) is 18.5. The third kappa shape index (κ3) is 11.9. The molecule has 1 aliphatic rings. The summed E-state index contributed by atoms with van der Waals surface area (Å²) >= 11 is 5.75. The van der Waals surface area contributed by atoms with Crippen molar-refractivity contribution in [1.82, 2.24) is 4.90 Å². The van der Waals surface area contributed by atoms with Crippen molar-refractivity contribution in [3.8, 4) is 12.3 Å². The van der Waals surface area contributed by atoms with Gasteiger partial charge in [-0.2, -0.15) is 0 Å². The highest BCUT2D eigenvalue weighted by atomic mass is 35.5. The molecule has 0 aliphatic carbocycles. The van der Waals surface area contributed by atoms with E-state index in [-0.39, 0.29) is 0 Å². The molecule has 0 fully saturated rings. The second kappa shape index (κ2) is 17.4. The molecule has 1 heterocycles. The Morgan fingerprint density at radius 3 is 2.11 bits per heavy atom. The second-order valence-corrected chi connectivity index (χ2v) is 6.98. The molecular weight excluding hydrogens is 362 g/mol. The van der Waals surface area contributed by atoms with Crippen LogP contribution in [0, 0.1) is 12.3 Å². The Morgan fingerprint density at radius 2 is 1.57 bits per heavy atom. The van der Waals surface area contributed by atoms with Crippen LogP contribution < -0.4 is 0 Å². The first-order valence-electron chi connectivity index (χ1n) is 10.5. The monoisotopic (exact) mass is 399 g/mol. The Bertz CT molecular complexity index is 655. The number of likely N-dealkylation sites (N-methyl/N-ethyl adjacent to an activating group) is 1. The van der Waals surface area contributed by atoms with E-state index in [0.717, 1.165) is 18.0 Å². The van der Waals surface area contributed by atoms with Crippen molar-refractivity contribution in [2.24, 2.45) is 0 Å². The van der Waals surface area contributed by atoms with Gasteiger partial charge in [-0.25, -0.2) is 0 Å². The van der Waals surface area contributed by atoms with Gasteiger partial charge >= 0.3 is 0 Å². The molecule has 2 heteroatoms. The van der Waals surface area contributed by atoms with Crippen LogP contribution in [-0.4, -0.2) is 18.5 Å². The first-order chi connectivity index (χ1) is 13.6. The van der Waals surface area contributed by atoms with Crippen LogP contribution in [0.3, 0.4) is 0 Å². The smallest absolute Gasteiger partial charge is 0.0406 e. The van der Waals surface area contributed by atoms with E-state index in [4.69, 9.17) is 18.0 Å². The highest BCUT2D eigenvalue weighted by molar-refractivity contribution is 6.30. The first kappa shape index (κ1) is 26.2. The van der Waals surface area contributed by atoms with Crippen molar-refractivity contribution in [3.63, 3.8) is 0 Å². The molecule has 0 unspecified atom stereocenters. The standard InChI is InChI=1S/C10H13Cl.C10H13N.C4H6.C2H6/c1-2-3-4-9-5-7-10(11)8-6-9;1-11-7-6-9-4-2-3-5-10(9)8-11;1-3-4-2;1-2/h5-8H,2-4H2,1H3;2-5H,6-8H2,1H3;1H,4H2,2H3;1-2H3. The number of aryl methyl sites for hydroxylation is 1. The molecule has 3 rings (SSSR count). The number of terminal acetylenes is 1. The van der Waals surface area contributed by atoms with E-state index in [1.54, 1.807) is 0 Å². The molecule has 1 nitrogen and oxygen atoms in total. The number of rotatable bonds is 3. The number of benzene rings is 2. The first-order valence-corrected chi connectivity index (χ1v) is 10.9. The maximum absolute atomic E-state index is 5.75. The number of unbranched alkanes of at least 4 members (excludes halogenated alkanes) is 1. The summed E-state index contributed by atoms with van der Waals surface area (Å²) in [5, 5.41) is 0.824. The van der Waals surface area contributed by atoms with E-state index < -0.39 is 0 Å². The number of nitrogens with zero attached hydrogens (tertiary/aromatic N) is 1. The summed E-state index contributed by atoms with van der Waals surface area (Å²) in [5.41, 5.74) is 4.42. The summed E-state index contributed by atoms with van der Waals surface area (Å²) < 4.78 is 0. The maximum atomic E-state index is 5.75. The second-order valence-electron chi connectivity index (χ2n) is 6.54. The Labute approximate surface area is 179 Å². The molecule has 28 heavy (non-hydrogen) atoms. The molecule has 0 bridgehead atoms. The molecule has 0 atom stereocenters. The van der Waals surface area contributed by atoms with Gasteiger partial charge in [0.1, 0.15) is 0 Å². The van der Waals surface area contributed by atoms with E-state index in [0.29, 0.717) is 0 Å². The Balaban J connectivity index is 0.000000409. The fraction of sp³-hybridized carbons (Fsp3) is 0.462. The molecule has 0 saturated carbocycles. The lowest BCUT2D eigenvalue weighted by molar-refractivity contribution is 0.313. The quantitative estimate of drug-likeness (QED) is 0.485. The number of fused-ring (bicyclic) bond motifs is 1. The fourth-order valence-electron chi connectivity index (χ4n) is 2.67. The summed E-state index contributed by atoms with van der Waals surface area (Å²) in [6, 6.07) is 16.8. The third-order valence-corrected chi connectivity index (χ3v) is 4.51. The maximum Gasteiger partial charge on any atom is 0.0406 e. The minimum absolute atomic E-state index is 0.824. The Hall–Kier alpha value is -1.75. The van der Waals surface area contributed by atoms with Gasteiger partial charge in [0, 0.05) is 24.5 Å². The van der Waals surface area contributed by atoms with Crippen molar-refractivity contribution in [2.45, 2.75) is 66.3 Å². The molecule has 154 valence electrons. The zero-order chi connectivity index (χ0) is 21.2. The summed E-state index contributed by atoms with van der Waals surface area (Å²) in [6.07, 6.45) is 10.5. The van der Waals surface area contributed by atoms with Gasteiger partial charge < -0.3 is 4.90 Å². The van der Waals surface area contributed by atoms with Gasteiger partial charge in [0.05, 0.1) is 0 Å². The lowest BCUT2D eigenvalue weighted by Gasteiger charge is -2.24. The summed E-state index contributed by atoms with van der Waals surface area (Å²) in [5.74, 6) is 2.43. The van der Waals surface area contributed by atoms with Gasteiger partial charge in [-0.3, -0.25) is 0 Å². The molecule has 0 aromatic heterocycles. The largest absolute Gasteiger partial charge is 0.302 e. The molecule has 0 amide bonds. The van der Waals surface area contributed by atoms with E-state index >= 15 is 0 Å². The summed E-state index contributed by atoms with van der Waals surface area (Å²) in [6.45, 7) is 10.5. The normalized spacial score (nSPS) is 11.9. The minimum atomic E-state index is 0.824. The van der Waals surface area contributed by atoms with Crippen molar-refractivity contribution in [3.05, 3.63) is 70.2 Å². The molecule has 0 saturated heterocycles. The van der Waals surface area contributed by atoms with Crippen molar-refractivity contribution in [1.29, 1.82) is 0 Å². The van der Waals surface area contributed by atoms with Crippen LogP contribution in [0.25, 0.3) is 0 Å². The van der Waals surface area contributed by atoms with Crippen LogP contribution in [0.5, 0.6) is 0 Å². The van der Waals surface area contributed by atoms with Crippen LogP contribution in [0.15, 0.2) is 48.5 Å². The van der Waals surface area contributed by atoms with Crippen molar-refractivity contribution >= 4 is 11.6 Å². The molecule has 1 aliphatic heterocycles. The van der Waals surface area contributed by atoms with Crippen molar-refractivity contribution in [2.75, 3.05) is 13.6 Å². The average Bonchev–Trinajstić information content (AvgIpc) is 2.75. The van der Waals surface area contributed by atoms with E-state index in [2.05, 4.69) is 61.2 Å². The van der Waals surface area contributed by atoms with Crippen LogP contribution >= 0.6 is 11.6 Å². The molecule has 2 aromatic rings. The highest BCUT2D eigenvalue weighted by Gasteiger charge is 2.10. The average molecular weight is 400 g/mol. The lowest BCUT2D eigenvalue weighted by atomic mass is 10.0. The zero-order valence-corrected chi connectivity index (χ0v) is 19.2. The molecule has 2 aromatic carbocycles. The molecular formula is C26H38ClN. The lowest BCUT2D eigenvalue weighted by Crippen LogP contribution is -2.26. The summed E-state index contributed by atoms with van der Waals surface area (Å²) in [7, 11) is 2.18. The van der Waals surface area contributed by atoms with Gasteiger partial charge in [-0.15, -0.1) is 12.3 Å². The molecule has 0 N–H and O–H groups in total. The third-order valence-electron chi connectivity index (χ3n) is 4.26. The molecule has 0 radical (unpaired) electrons.